The molecule has 1 rings (SSSR count). The molecular formula is C6H13NO11S2. The second-order valence-electron chi connectivity index (χ2n) is 3.88. The summed E-state index contributed by atoms with van der Waals surface area (Å²) in [4.78, 5) is 0. The lowest BCUT2D eigenvalue weighted by molar-refractivity contribution is -0.250. The van der Waals surface area contributed by atoms with Crippen LogP contribution in [-0.2, 0) is 29.6 Å². The molecule has 6 N–H and O–H groups in total. The normalized spacial score (nSPS) is 36.0. The van der Waals surface area contributed by atoms with Gasteiger partial charge in [0, 0.05) is 0 Å². The van der Waals surface area contributed by atoms with Gasteiger partial charge in [0.15, 0.2) is 6.29 Å². The van der Waals surface area contributed by atoms with Crippen LogP contribution in [0.3, 0.4) is 0 Å². The molecule has 0 aliphatic carbocycles. The van der Waals surface area contributed by atoms with E-state index in [1.165, 1.54) is 4.72 Å². The standard InChI is InChI=1S/C6H13NO11S2/c8-4-2(1-17-20(14,15)16)18-6(10)3(5(4)9)7-19(11,12)13/h2-10H,1H2,(H,11,12,13)(H,14,15,16). The number of ether oxygens (including phenoxy) is 1. The zero-order valence-electron chi connectivity index (χ0n) is 9.60. The van der Waals surface area contributed by atoms with Crippen LogP contribution in [0.25, 0.3) is 0 Å². The molecular weight excluding hydrogens is 326 g/mol. The predicted molar refractivity (Wildman–Crippen MR) is 58.9 cm³/mol. The number of aliphatic hydroxyl groups excluding tert-OH is 3. The van der Waals surface area contributed by atoms with Crippen LogP contribution in [0, 0.1) is 0 Å². The lowest BCUT2D eigenvalue weighted by atomic mass is 9.98. The Bertz CT molecular complexity index is 527. The third-order valence-electron chi connectivity index (χ3n) is 2.39. The minimum Gasteiger partial charge on any atom is -0.388 e. The molecule has 0 aromatic carbocycles. The van der Waals surface area contributed by atoms with Crippen LogP contribution in [0.5, 0.6) is 0 Å². The summed E-state index contributed by atoms with van der Waals surface area (Å²) in [6.45, 7) is -0.938. The Balaban J connectivity index is 2.76. The van der Waals surface area contributed by atoms with Crippen molar-refractivity contribution in [2.24, 2.45) is 0 Å². The van der Waals surface area contributed by atoms with Crippen molar-refractivity contribution in [2.45, 2.75) is 30.6 Å². The first kappa shape index (κ1) is 17.6. The molecule has 1 fully saturated rings. The lowest BCUT2D eigenvalue weighted by Crippen LogP contribution is -2.64. The van der Waals surface area contributed by atoms with Crippen molar-refractivity contribution in [3.8, 4) is 0 Å². The minimum atomic E-state index is -4.83. The van der Waals surface area contributed by atoms with Crippen LogP contribution >= 0.6 is 0 Å². The van der Waals surface area contributed by atoms with Crippen LogP contribution in [-0.4, -0.2) is 78.5 Å². The highest BCUT2D eigenvalue weighted by Crippen LogP contribution is 2.21. The summed E-state index contributed by atoms with van der Waals surface area (Å²) >= 11 is 0. The summed E-state index contributed by atoms with van der Waals surface area (Å²) in [7, 11) is -9.62. The van der Waals surface area contributed by atoms with E-state index in [1.807, 2.05) is 0 Å². The van der Waals surface area contributed by atoms with Gasteiger partial charge >= 0.3 is 20.7 Å². The zero-order chi connectivity index (χ0) is 15.7. The Hall–Kier alpha value is -0.420. The van der Waals surface area contributed by atoms with Gasteiger partial charge in [0.05, 0.1) is 6.61 Å². The molecule has 1 aliphatic heterocycles. The van der Waals surface area contributed by atoms with Crippen molar-refractivity contribution in [3.05, 3.63) is 0 Å². The van der Waals surface area contributed by atoms with Gasteiger partial charge < -0.3 is 20.1 Å². The second-order valence-corrected chi connectivity index (χ2v) is 6.15. The molecule has 0 aromatic rings. The third-order valence-corrected chi connectivity index (χ3v) is 3.39. The maximum atomic E-state index is 10.6. The van der Waals surface area contributed by atoms with Gasteiger partial charge in [0.2, 0.25) is 0 Å². The average Bonchev–Trinajstić information content (AvgIpc) is 2.25. The molecule has 0 amide bonds. The van der Waals surface area contributed by atoms with Crippen LogP contribution in [0.1, 0.15) is 0 Å². The number of hydrogen-bond acceptors (Lipinski definition) is 9. The average molecular weight is 339 g/mol. The van der Waals surface area contributed by atoms with E-state index in [-0.39, 0.29) is 0 Å². The molecule has 0 radical (unpaired) electrons. The van der Waals surface area contributed by atoms with E-state index in [0.29, 0.717) is 0 Å². The lowest BCUT2D eigenvalue weighted by Gasteiger charge is -2.39. The highest BCUT2D eigenvalue weighted by molar-refractivity contribution is 7.83. The van der Waals surface area contributed by atoms with E-state index >= 15 is 0 Å². The van der Waals surface area contributed by atoms with E-state index in [4.69, 9.17) is 9.11 Å². The van der Waals surface area contributed by atoms with Gasteiger partial charge in [-0.25, -0.2) is 4.18 Å². The highest BCUT2D eigenvalue weighted by atomic mass is 32.3. The van der Waals surface area contributed by atoms with E-state index in [1.54, 1.807) is 0 Å². The van der Waals surface area contributed by atoms with Crippen molar-refractivity contribution in [3.63, 3.8) is 0 Å². The molecule has 5 unspecified atom stereocenters. The van der Waals surface area contributed by atoms with Gasteiger partial charge in [0.1, 0.15) is 24.4 Å². The van der Waals surface area contributed by atoms with E-state index in [2.05, 4.69) is 8.92 Å². The first-order chi connectivity index (χ1) is 8.91. The molecule has 20 heavy (non-hydrogen) atoms. The summed E-state index contributed by atoms with van der Waals surface area (Å²) in [6, 6.07) is -1.79. The second kappa shape index (κ2) is 6.14. The summed E-state index contributed by atoms with van der Waals surface area (Å²) in [6.07, 6.45) is -7.37. The van der Waals surface area contributed by atoms with E-state index < -0.39 is 58.0 Å². The topological polar surface area (TPSA) is 200 Å². The third kappa shape index (κ3) is 5.17. The minimum absolute atomic E-state index is 0.938. The molecule has 1 saturated heterocycles. The smallest absolute Gasteiger partial charge is 0.388 e. The molecule has 12 nitrogen and oxygen atoms in total. The predicted octanol–water partition coefficient (Wildman–Crippen LogP) is -3.99. The van der Waals surface area contributed by atoms with Gasteiger partial charge in [0.25, 0.3) is 0 Å². The molecule has 1 aliphatic rings. The monoisotopic (exact) mass is 339 g/mol. The van der Waals surface area contributed by atoms with Gasteiger partial charge in [-0.2, -0.15) is 21.6 Å². The molecule has 14 heteroatoms. The number of hydrogen-bond donors (Lipinski definition) is 6. The van der Waals surface area contributed by atoms with Crippen LogP contribution in [0.4, 0.5) is 0 Å². The van der Waals surface area contributed by atoms with Crippen molar-refractivity contribution < 1.29 is 50.2 Å². The quantitative estimate of drug-likeness (QED) is 0.267. The fourth-order valence-corrected chi connectivity index (χ4v) is 2.44. The maximum Gasteiger partial charge on any atom is 0.397 e. The van der Waals surface area contributed by atoms with E-state index in [9.17, 15) is 32.2 Å². The Morgan fingerprint density at radius 1 is 1.05 bits per heavy atom. The first-order valence-corrected chi connectivity index (χ1v) is 7.77. The number of rotatable bonds is 5. The number of nitrogens with one attached hydrogen (secondary N) is 1. The van der Waals surface area contributed by atoms with Crippen molar-refractivity contribution in [1.29, 1.82) is 0 Å². The zero-order valence-corrected chi connectivity index (χ0v) is 11.2. The van der Waals surface area contributed by atoms with Crippen LogP contribution in [0.2, 0.25) is 0 Å². The summed E-state index contributed by atoms with van der Waals surface area (Å²) in [5.74, 6) is 0. The van der Waals surface area contributed by atoms with Crippen molar-refractivity contribution >= 4 is 20.7 Å². The van der Waals surface area contributed by atoms with Crippen LogP contribution in [0.15, 0.2) is 0 Å². The molecule has 0 bridgehead atoms. The molecule has 5 atom stereocenters. The van der Waals surface area contributed by atoms with Gasteiger partial charge in [-0.1, -0.05) is 0 Å². The summed E-state index contributed by atoms with van der Waals surface area (Å²) < 4.78 is 68.7. The largest absolute Gasteiger partial charge is 0.397 e. The Labute approximate surface area is 113 Å². The molecule has 120 valence electrons. The van der Waals surface area contributed by atoms with Crippen molar-refractivity contribution in [2.75, 3.05) is 6.61 Å². The van der Waals surface area contributed by atoms with Crippen LogP contribution < -0.4 is 4.72 Å². The molecule has 0 saturated carbocycles. The SMILES string of the molecule is O=S(=O)(O)NC1C(O)OC(COS(=O)(=O)O)C(O)C1O. The molecule has 0 spiro atoms. The summed E-state index contributed by atoms with van der Waals surface area (Å²) in [5.41, 5.74) is 0. The van der Waals surface area contributed by atoms with Gasteiger partial charge in [-0.15, -0.1) is 0 Å². The van der Waals surface area contributed by atoms with Gasteiger partial charge in [-0.3, -0.25) is 9.11 Å². The summed E-state index contributed by atoms with van der Waals surface area (Å²) in [5, 5.41) is 28.6. The first-order valence-electron chi connectivity index (χ1n) is 4.97. The number of aliphatic hydroxyl groups is 3. The van der Waals surface area contributed by atoms with Gasteiger partial charge in [-0.05, 0) is 0 Å². The highest BCUT2D eigenvalue weighted by Gasteiger charge is 2.45. The van der Waals surface area contributed by atoms with E-state index in [0.717, 1.165) is 0 Å². The maximum absolute atomic E-state index is 10.6. The Morgan fingerprint density at radius 2 is 1.60 bits per heavy atom. The Kier molecular flexibility index (Phi) is 5.41. The molecule has 1 heterocycles. The van der Waals surface area contributed by atoms with Crippen molar-refractivity contribution in [1.82, 2.24) is 4.72 Å². The Morgan fingerprint density at radius 3 is 2.05 bits per heavy atom. The fraction of sp³-hybridized carbons (Fsp3) is 1.00. The molecule has 0 aromatic heterocycles. The fourth-order valence-electron chi connectivity index (χ4n) is 1.54.